The summed E-state index contributed by atoms with van der Waals surface area (Å²) >= 11 is 7.55. The maximum Gasteiger partial charge on any atom is 0.267 e. The number of carbonyl (C=O) groups excluding carboxylic acids is 1. The Hall–Kier alpha value is -2.11. The molecule has 0 unspecified atom stereocenters. The van der Waals surface area contributed by atoms with Crippen LogP contribution in [-0.2, 0) is 0 Å². The van der Waals surface area contributed by atoms with E-state index in [1.807, 2.05) is 12.1 Å². The highest BCUT2D eigenvalue weighted by Gasteiger charge is 2.17. The van der Waals surface area contributed by atoms with E-state index >= 15 is 0 Å². The van der Waals surface area contributed by atoms with E-state index in [1.165, 1.54) is 29.5 Å². The van der Waals surface area contributed by atoms with E-state index in [4.69, 9.17) is 16.3 Å². The van der Waals surface area contributed by atoms with Crippen LogP contribution in [0.4, 0.5) is 10.1 Å². The monoisotopic (exact) mass is 335 g/mol. The average Bonchev–Trinajstić information content (AvgIpc) is 2.84. The van der Waals surface area contributed by atoms with Gasteiger partial charge in [0.05, 0.1) is 12.1 Å². The molecule has 0 saturated carbocycles. The lowest BCUT2D eigenvalue weighted by Crippen LogP contribution is -2.10. The van der Waals surface area contributed by atoms with E-state index in [9.17, 15) is 9.18 Å². The Morgan fingerprint density at radius 1 is 1.27 bits per heavy atom. The largest absolute Gasteiger partial charge is 0.497 e. The van der Waals surface area contributed by atoms with E-state index in [0.717, 1.165) is 10.1 Å². The molecule has 3 nitrogen and oxygen atoms in total. The Morgan fingerprint density at radius 2 is 2.09 bits per heavy atom. The summed E-state index contributed by atoms with van der Waals surface area (Å²) in [6, 6.07) is 11.1. The number of carbonyl (C=O) groups is 1. The van der Waals surface area contributed by atoms with Gasteiger partial charge in [0.15, 0.2) is 0 Å². The first kappa shape index (κ1) is 14.8. The quantitative estimate of drug-likeness (QED) is 0.735. The average molecular weight is 336 g/mol. The van der Waals surface area contributed by atoms with Crippen LogP contribution in [0.2, 0.25) is 5.02 Å². The highest BCUT2D eigenvalue weighted by molar-refractivity contribution is 7.21. The van der Waals surface area contributed by atoms with Crippen molar-refractivity contribution in [2.75, 3.05) is 12.4 Å². The lowest BCUT2D eigenvalue weighted by Gasteiger charge is -2.03. The molecule has 3 rings (SSSR count). The third-order valence-corrected chi connectivity index (χ3v) is 4.78. The van der Waals surface area contributed by atoms with Gasteiger partial charge in [-0.05, 0) is 36.4 Å². The van der Waals surface area contributed by atoms with Gasteiger partial charge in [-0.1, -0.05) is 17.7 Å². The maximum absolute atomic E-state index is 13.2. The molecular weight excluding hydrogens is 325 g/mol. The molecule has 22 heavy (non-hydrogen) atoms. The predicted molar refractivity (Wildman–Crippen MR) is 87.7 cm³/mol. The lowest BCUT2D eigenvalue weighted by molar-refractivity contribution is 0.103. The van der Waals surface area contributed by atoms with Gasteiger partial charge < -0.3 is 10.1 Å². The van der Waals surface area contributed by atoms with Gasteiger partial charge in [0, 0.05) is 15.8 Å². The van der Waals surface area contributed by atoms with Crippen molar-refractivity contribution in [3.8, 4) is 5.75 Å². The molecule has 0 radical (unpaired) electrons. The smallest absolute Gasteiger partial charge is 0.267 e. The van der Waals surface area contributed by atoms with Crippen LogP contribution in [0.5, 0.6) is 5.75 Å². The SMILES string of the molecule is COc1ccc2c(Cl)c(C(=O)Nc3cccc(F)c3)sc2c1. The standard InChI is InChI=1S/C16H11ClFNO2S/c1-21-11-5-6-12-13(8-11)22-15(14(12)17)16(20)19-10-4-2-3-9(18)7-10/h2-8H,1H3,(H,19,20). The van der Waals surface area contributed by atoms with Crippen LogP contribution < -0.4 is 10.1 Å². The van der Waals surface area contributed by atoms with Gasteiger partial charge in [-0.15, -0.1) is 11.3 Å². The van der Waals surface area contributed by atoms with E-state index in [2.05, 4.69) is 5.32 Å². The maximum atomic E-state index is 13.2. The van der Waals surface area contributed by atoms with Gasteiger partial charge in [0.25, 0.3) is 5.91 Å². The van der Waals surface area contributed by atoms with E-state index < -0.39 is 5.82 Å². The molecule has 0 spiro atoms. The first-order chi connectivity index (χ1) is 10.6. The predicted octanol–water partition coefficient (Wildman–Crippen LogP) is 4.95. The molecule has 0 atom stereocenters. The van der Waals surface area contributed by atoms with Crippen LogP contribution in [-0.4, -0.2) is 13.0 Å². The molecule has 1 N–H and O–H groups in total. The molecule has 0 saturated heterocycles. The van der Waals surface area contributed by atoms with Crippen molar-refractivity contribution in [1.82, 2.24) is 0 Å². The second-order valence-corrected chi connectivity index (χ2v) is 6.00. The molecule has 0 fully saturated rings. The third-order valence-electron chi connectivity index (χ3n) is 3.13. The van der Waals surface area contributed by atoms with E-state index in [0.29, 0.717) is 21.3 Å². The summed E-state index contributed by atoms with van der Waals surface area (Å²) < 4.78 is 19.2. The first-order valence-electron chi connectivity index (χ1n) is 6.41. The zero-order valence-corrected chi connectivity index (χ0v) is 13.1. The van der Waals surface area contributed by atoms with Crippen molar-refractivity contribution in [3.05, 3.63) is 58.2 Å². The molecule has 6 heteroatoms. The minimum atomic E-state index is -0.412. The van der Waals surface area contributed by atoms with Crippen molar-refractivity contribution < 1.29 is 13.9 Å². The molecular formula is C16H11ClFNO2S. The number of hydrogen-bond donors (Lipinski definition) is 1. The second-order valence-electron chi connectivity index (χ2n) is 4.57. The number of nitrogens with one attached hydrogen (secondary N) is 1. The minimum Gasteiger partial charge on any atom is -0.497 e. The van der Waals surface area contributed by atoms with Crippen molar-refractivity contribution in [1.29, 1.82) is 0 Å². The van der Waals surface area contributed by atoms with Crippen molar-refractivity contribution in [3.63, 3.8) is 0 Å². The van der Waals surface area contributed by atoms with E-state index in [1.54, 1.807) is 19.2 Å². The Kier molecular flexibility index (Phi) is 4.00. The molecule has 3 aromatic rings. The zero-order chi connectivity index (χ0) is 15.7. The van der Waals surface area contributed by atoms with Gasteiger partial charge in [-0.3, -0.25) is 4.79 Å². The molecule has 1 heterocycles. The molecule has 0 aliphatic carbocycles. The van der Waals surface area contributed by atoms with Gasteiger partial charge >= 0.3 is 0 Å². The van der Waals surface area contributed by atoms with Gasteiger partial charge in [-0.2, -0.15) is 0 Å². The van der Waals surface area contributed by atoms with Gasteiger partial charge in [-0.25, -0.2) is 4.39 Å². The molecule has 1 amide bonds. The summed E-state index contributed by atoms with van der Waals surface area (Å²) in [6.07, 6.45) is 0. The summed E-state index contributed by atoms with van der Waals surface area (Å²) in [5, 5.41) is 3.82. The summed E-state index contributed by atoms with van der Waals surface area (Å²) in [5.41, 5.74) is 0.385. The number of fused-ring (bicyclic) bond motifs is 1. The molecule has 0 bridgehead atoms. The van der Waals surface area contributed by atoms with Crippen molar-refractivity contribution in [2.24, 2.45) is 0 Å². The first-order valence-corrected chi connectivity index (χ1v) is 7.61. The molecule has 0 aliphatic heterocycles. The Bertz CT molecular complexity index is 862. The highest BCUT2D eigenvalue weighted by Crippen LogP contribution is 2.37. The number of ether oxygens (including phenoxy) is 1. The number of methoxy groups -OCH3 is 1. The summed E-state index contributed by atoms with van der Waals surface area (Å²) in [6.45, 7) is 0. The van der Waals surface area contributed by atoms with Gasteiger partial charge in [0.1, 0.15) is 16.4 Å². The number of benzene rings is 2. The van der Waals surface area contributed by atoms with Crippen LogP contribution in [0.1, 0.15) is 9.67 Å². The topological polar surface area (TPSA) is 38.3 Å². The zero-order valence-electron chi connectivity index (χ0n) is 11.5. The molecule has 1 aromatic heterocycles. The highest BCUT2D eigenvalue weighted by atomic mass is 35.5. The van der Waals surface area contributed by atoms with Crippen molar-refractivity contribution in [2.45, 2.75) is 0 Å². The molecule has 112 valence electrons. The fourth-order valence-corrected chi connectivity index (χ4v) is 3.51. The van der Waals surface area contributed by atoms with Crippen LogP contribution >= 0.6 is 22.9 Å². The normalized spacial score (nSPS) is 10.7. The number of hydrogen-bond acceptors (Lipinski definition) is 3. The number of thiophene rings is 1. The fraction of sp³-hybridized carbons (Fsp3) is 0.0625. The Morgan fingerprint density at radius 3 is 2.82 bits per heavy atom. The number of halogens is 2. The number of rotatable bonds is 3. The Labute approximate surface area is 135 Å². The van der Waals surface area contributed by atoms with E-state index in [-0.39, 0.29) is 5.91 Å². The van der Waals surface area contributed by atoms with Crippen LogP contribution in [0.15, 0.2) is 42.5 Å². The lowest BCUT2D eigenvalue weighted by atomic mass is 10.2. The number of anilines is 1. The molecule has 2 aromatic carbocycles. The minimum absolute atomic E-state index is 0.365. The molecule has 0 aliphatic rings. The van der Waals surface area contributed by atoms with Crippen LogP contribution in [0, 0.1) is 5.82 Å². The summed E-state index contributed by atoms with van der Waals surface area (Å²) in [7, 11) is 1.58. The summed E-state index contributed by atoms with van der Waals surface area (Å²) in [4.78, 5) is 12.7. The third kappa shape index (κ3) is 2.77. The van der Waals surface area contributed by atoms with Crippen molar-refractivity contribution >= 4 is 44.6 Å². The summed E-state index contributed by atoms with van der Waals surface area (Å²) in [5.74, 6) is -0.0803. The fourth-order valence-electron chi connectivity index (χ4n) is 2.07. The second kappa shape index (κ2) is 5.94. The number of amides is 1. The Balaban J connectivity index is 1.95. The van der Waals surface area contributed by atoms with Crippen LogP contribution in [0.25, 0.3) is 10.1 Å². The van der Waals surface area contributed by atoms with Gasteiger partial charge in [0.2, 0.25) is 0 Å². The van der Waals surface area contributed by atoms with Crippen LogP contribution in [0.3, 0.4) is 0 Å².